The van der Waals surface area contributed by atoms with Crippen LogP contribution >= 0.6 is 23.2 Å². The van der Waals surface area contributed by atoms with Gasteiger partial charge >= 0.3 is 0 Å². The van der Waals surface area contributed by atoms with Crippen molar-refractivity contribution in [1.82, 2.24) is 0 Å². The maximum Gasteiger partial charge on any atom is 0.185 e. The van der Waals surface area contributed by atoms with E-state index in [1.807, 2.05) is 31.2 Å². The topological polar surface area (TPSA) is 17.1 Å². The molecule has 0 aromatic heterocycles. The molecule has 0 heterocycles. The molecule has 0 atom stereocenters. The molecular formula is C16H12Cl2O. The number of hydrogen-bond donors (Lipinski definition) is 0. The first-order valence-corrected chi connectivity index (χ1v) is 6.56. The third kappa shape index (κ3) is 3.46. The Labute approximate surface area is 122 Å². The van der Waals surface area contributed by atoms with Gasteiger partial charge in [-0.05, 0) is 42.3 Å². The van der Waals surface area contributed by atoms with Gasteiger partial charge in [0.05, 0.1) is 10.0 Å². The number of hydrogen-bond acceptors (Lipinski definition) is 1. The highest BCUT2D eigenvalue weighted by Gasteiger charge is 2.05. The molecule has 0 amide bonds. The van der Waals surface area contributed by atoms with Crippen LogP contribution in [0.3, 0.4) is 0 Å². The molecule has 2 aromatic rings. The van der Waals surface area contributed by atoms with Crippen LogP contribution in [0, 0.1) is 6.92 Å². The summed E-state index contributed by atoms with van der Waals surface area (Å²) in [6, 6.07) is 12.7. The van der Waals surface area contributed by atoms with Gasteiger partial charge in [-0.1, -0.05) is 53.5 Å². The lowest BCUT2D eigenvalue weighted by Crippen LogP contribution is -1.94. The van der Waals surface area contributed by atoms with E-state index in [-0.39, 0.29) is 5.78 Å². The SMILES string of the molecule is Cc1ccccc1C=CC(=O)c1ccc(Cl)c(Cl)c1. The molecule has 0 spiro atoms. The summed E-state index contributed by atoms with van der Waals surface area (Å²) in [6.07, 6.45) is 3.35. The highest BCUT2D eigenvalue weighted by atomic mass is 35.5. The lowest BCUT2D eigenvalue weighted by molar-refractivity contribution is 0.104. The number of carbonyl (C=O) groups excluding carboxylic acids is 1. The second-order valence-electron chi connectivity index (χ2n) is 4.18. The number of rotatable bonds is 3. The Hall–Kier alpha value is -1.57. The predicted molar refractivity (Wildman–Crippen MR) is 81.0 cm³/mol. The van der Waals surface area contributed by atoms with Crippen molar-refractivity contribution in [3.63, 3.8) is 0 Å². The van der Waals surface area contributed by atoms with Crippen molar-refractivity contribution in [2.75, 3.05) is 0 Å². The van der Waals surface area contributed by atoms with Gasteiger partial charge in [-0.25, -0.2) is 0 Å². The summed E-state index contributed by atoms with van der Waals surface area (Å²) in [7, 11) is 0. The Morgan fingerprint density at radius 3 is 2.47 bits per heavy atom. The zero-order valence-corrected chi connectivity index (χ0v) is 11.9. The van der Waals surface area contributed by atoms with E-state index < -0.39 is 0 Å². The summed E-state index contributed by atoms with van der Waals surface area (Å²) in [4.78, 5) is 12.0. The lowest BCUT2D eigenvalue weighted by Gasteiger charge is -2.00. The first kappa shape index (κ1) is 13.9. The van der Waals surface area contributed by atoms with Gasteiger partial charge in [-0.3, -0.25) is 4.79 Å². The van der Waals surface area contributed by atoms with Crippen molar-refractivity contribution in [1.29, 1.82) is 0 Å². The van der Waals surface area contributed by atoms with E-state index in [2.05, 4.69) is 0 Å². The largest absolute Gasteiger partial charge is 0.289 e. The van der Waals surface area contributed by atoms with E-state index in [0.29, 0.717) is 15.6 Å². The molecule has 0 aliphatic rings. The van der Waals surface area contributed by atoms with Gasteiger partial charge in [-0.2, -0.15) is 0 Å². The van der Waals surface area contributed by atoms with Gasteiger partial charge in [0.1, 0.15) is 0 Å². The van der Waals surface area contributed by atoms with E-state index >= 15 is 0 Å². The molecule has 0 saturated heterocycles. The fourth-order valence-corrected chi connectivity index (χ4v) is 1.98. The van der Waals surface area contributed by atoms with Crippen LogP contribution in [0.2, 0.25) is 10.0 Å². The van der Waals surface area contributed by atoms with Gasteiger partial charge in [-0.15, -0.1) is 0 Å². The van der Waals surface area contributed by atoms with E-state index in [4.69, 9.17) is 23.2 Å². The Kier molecular flexibility index (Phi) is 4.41. The second-order valence-corrected chi connectivity index (χ2v) is 5.00. The second kappa shape index (κ2) is 6.05. The van der Waals surface area contributed by atoms with Gasteiger partial charge in [0.15, 0.2) is 5.78 Å². The van der Waals surface area contributed by atoms with Gasteiger partial charge < -0.3 is 0 Å². The number of aryl methyl sites for hydroxylation is 1. The number of benzene rings is 2. The quantitative estimate of drug-likeness (QED) is 0.561. The van der Waals surface area contributed by atoms with Crippen LogP contribution in [0.1, 0.15) is 21.5 Å². The van der Waals surface area contributed by atoms with Crippen molar-refractivity contribution in [3.8, 4) is 0 Å². The molecule has 3 heteroatoms. The van der Waals surface area contributed by atoms with E-state index in [1.165, 1.54) is 0 Å². The number of allylic oxidation sites excluding steroid dienone is 1. The van der Waals surface area contributed by atoms with Crippen molar-refractivity contribution >= 4 is 35.1 Å². The van der Waals surface area contributed by atoms with Crippen molar-refractivity contribution in [3.05, 3.63) is 75.3 Å². The third-order valence-electron chi connectivity index (χ3n) is 2.81. The van der Waals surface area contributed by atoms with E-state index in [9.17, 15) is 4.79 Å². The van der Waals surface area contributed by atoms with Crippen LogP contribution in [0.15, 0.2) is 48.5 Å². The van der Waals surface area contributed by atoms with Crippen molar-refractivity contribution in [2.45, 2.75) is 6.92 Å². The molecule has 0 N–H and O–H groups in total. The minimum absolute atomic E-state index is 0.0955. The molecule has 1 nitrogen and oxygen atoms in total. The first-order chi connectivity index (χ1) is 9.08. The smallest absolute Gasteiger partial charge is 0.185 e. The number of ketones is 1. The van der Waals surface area contributed by atoms with Crippen LogP contribution in [0.4, 0.5) is 0 Å². The van der Waals surface area contributed by atoms with Gasteiger partial charge in [0.2, 0.25) is 0 Å². The maximum absolute atomic E-state index is 12.0. The van der Waals surface area contributed by atoms with Gasteiger partial charge in [0, 0.05) is 5.56 Å². The van der Waals surface area contributed by atoms with Crippen LogP contribution in [0.5, 0.6) is 0 Å². The molecule has 2 rings (SSSR count). The fourth-order valence-electron chi connectivity index (χ4n) is 1.68. The molecule has 0 fully saturated rings. The van der Waals surface area contributed by atoms with Gasteiger partial charge in [0.25, 0.3) is 0 Å². The standard InChI is InChI=1S/C16H12Cl2O/c1-11-4-2-3-5-12(11)7-9-16(19)13-6-8-14(17)15(18)10-13/h2-10H,1H3. The average molecular weight is 291 g/mol. The minimum atomic E-state index is -0.0955. The van der Waals surface area contributed by atoms with E-state index in [1.54, 1.807) is 30.4 Å². The van der Waals surface area contributed by atoms with E-state index in [0.717, 1.165) is 11.1 Å². The maximum atomic E-state index is 12.0. The summed E-state index contributed by atoms with van der Waals surface area (Å²) >= 11 is 11.7. The van der Waals surface area contributed by atoms with Crippen molar-refractivity contribution < 1.29 is 4.79 Å². The first-order valence-electron chi connectivity index (χ1n) is 5.81. The Bertz CT molecular complexity index is 645. The molecule has 0 aliphatic carbocycles. The minimum Gasteiger partial charge on any atom is -0.289 e. The summed E-state index contributed by atoms with van der Waals surface area (Å²) in [6.45, 7) is 2.00. The van der Waals surface area contributed by atoms with Crippen LogP contribution in [0.25, 0.3) is 6.08 Å². The zero-order valence-electron chi connectivity index (χ0n) is 10.4. The molecule has 0 unspecified atom stereocenters. The summed E-state index contributed by atoms with van der Waals surface area (Å²) in [5, 5.41) is 0.831. The summed E-state index contributed by atoms with van der Waals surface area (Å²) in [5.74, 6) is -0.0955. The molecule has 0 aliphatic heterocycles. The van der Waals surface area contributed by atoms with Crippen LogP contribution in [-0.4, -0.2) is 5.78 Å². The normalized spacial score (nSPS) is 10.9. The summed E-state index contributed by atoms with van der Waals surface area (Å²) in [5.41, 5.74) is 2.68. The van der Waals surface area contributed by atoms with Crippen LogP contribution in [-0.2, 0) is 0 Å². The molecule has 0 bridgehead atoms. The Balaban J connectivity index is 2.21. The lowest BCUT2D eigenvalue weighted by atomic mass is 10.1. The highest BCUT2D eigenvalue weighted by molar-refractivity contribution is 6.42. The Morgan fingerprint density at radius 2 is 1.79 bits per heavy atom. The zero-order chi connectivity index (χ0) is 13.8. The molecule has 0 saturated carbocycles. The highest BCUT2D eigenvalue weighted by Crippen LogP contribution is 2.23. The monoisotopic (exact) mass is 290 g/mol. The molecule has 19 heavy (non-hydrogen) atoms. The fraction of sp³-hybridized carbons (Fsp3) is 0.0625. The van der Waals surface area contributed by atoms with Crippen LogP contribution < -0.4 is 0 Å². The van der Waals surface area contributed by atoms with Crippen molar-refractivity contribution in [2.24, 2.45) is 0 Å². The molecule has 0 radical (unpaired) electrons. The Morgan fingerprint density at radius 1 is 1.05 bits per heavy atom. The summed E-state index contributed by atoms with van der Waals surface area (Å²) < 4.78 is 0. The molecular weight excluding hydrogens is 279 g/mol. The molecule has 2 aromatic carbocycles. The third-order valence-corrected chi connectivity index (χ3v) is 3.55. The average Bonchev–Trinajstić information content (AvgIpc) is 2.40. The molecule has 96 valence electrons. The predicted octanol–water partition coefficient (Wildman–Crippen LogP) is 5.20. The number of carbonyl (C=O) groups is 1. The number of halogens is 2.